The Kier molecular flexibility index (Phi) is 3.89. The van der Waals surface area contributed by atoms with Gasteiger partial charge in [-0.25, -0.2) is 15.0 Å². The topological polar surface area (TPSA) is 89.9 Å². The van der Waals surface area contributed by atoms with Gasteiger partial charge in [0, 0.05) is 31.4 Å². The Morgan fingerprint density at radius 1 is 1.38 bits per heavy atom. The van der Waals surface area contributed by atoms with E-state index >= 15 is 0 Å². The summed E-state index contributed by atoms with van der Waals surface area (Å²) in [6, 6.07) is 2.02. The first-order valence-electron chi connectivity index (χ1n) is 7.95. The minimum absolute atomic E-state index is 0.175. The van der Waals surface area contributed by atoms with Gasteiger partial charge in [-0.1, -0.05) is 0 Å². The van der Waals surface area contributed by atoms with E-state index in [0.29, 0.717) is 0 Å². The maximum Gasteiger partial charge on any atom is 0.237 e. The summed E-state index contributed by atoms with van der Waals surface area (Å²) in [5, 5.41) is 2.05. The average molecular weight is 342 g/mol. The second-order valence-electron chi connectivity index (χ2n) is 6.00. The van der Waals surface area contributed by atoms with Crippen LogP contribution >= 0.6 is 11.3 Å². The number of amides is 1. The quantitative estimate of drug-likeness (QED) is 0.780. The van der Waals surface area contributed by atoms with E-state index in [4.69, 9.17) is 5.73 Å². The Labute approximate surface area is 143 Å². The molecular formula is C16H18N6OS. The molecule has 0 aliphatic carbocycles. The number of imidazole rings is 1. The van der Waals surface area contributed by atoms with Gasteiger partial charge in [0.2, 0.25) is 5.91 Å². The number of aromatic nitrogens is 4. The number of thiophene rings is 1. The summed E-state index contributed by atoms with van der Waals surface area (Å²) in [6.07, 6.45) is 7.29. The molecule has 8 heteroatoms. The fourth-order valence-corrected chi connectivity index (χ4v) is 4.23. The molecule has 3 aromatic rings. The summed E-state index contributed by atoms with van der Waals surface area (Å²) < 4.78 is 2.98. The van der Waals surface area contributed by atoms with Gasteiger partial charge in [-0.05, 0) is 24.3 Å². The molecule has 1 fully saturated rings. The van der Waals surface area contributed by atoms with Crippen molar-refractivity contribution >= 4 is 33.3 Å². The van der Waals surface area contributed by atoms with E-state index in [9.17, 15) is 4.79 Å². The normalized spacial score (nSPS) is 18.2. The Bertz CT molecular complexity index is 872. The first-order chi connectivity index (χ1) is 11.7. The van der Waals surface area contributed by atoms with Crippen LogP contribution in [-0.2, 0) is 11.3 Å². The summed E-state index contributed by atoms with van der Waals surface area (Å²) in [5.41, 5.74) is 6.33. The van der Waals surface area contributed by atoms with Gasteiger partial charge in [0.05, 0.1) is 10.2 Å². The minimum atomic E-state index is -0.349. The smallest absolute Gasteiger partial charge is 0.237 e. The second kappa shape index (κ2) is 6.20. The summed E-state index contributed by atoms with van der Waals surface area (Å²) in [5.74, 6) is 1.83. The number of rotatable bonds is 4. The van der Waals surface area contributed by atoms with Crippen LogP contribution in [0.5, 0.6) is 0 Å². The zero-order chi connectivity index (χ0) is 16.5. The lowest BCUT2D eigenvalue weighted by atomic mass is 9.97. The van der Waals surface area contributed by atoms with Gasteiger partial charge < -0.3 is 15.2 Å². The van der Waals surface area contributed by atoms with Gasteiger partial charge in [-0.15, -0.1) is 11.3 Å². The van der Waals surface area contributed by atoms with Gasteiger partial charge in [0.15, 0.2) is 0 Å². The Morgan fingerprint density at radius 2 is 2.29 bits per heavy atom. The first-order valence-corrected chi connectivity index (χ1v) is 8.83. The van der Waals surface area contributed by atoms with Crippen molar-refractivity contribution in [1.82, 2.24) is 19.5 Å². The molecule has 1 aliphatic rings. The molecule has 0 unspecified atom stereocenters. The van der Waals surface area contributed by atoms with Gasteiger partial charge in [-0.3, -0.25) is 4.79 Å². The monoisotopic (exact) mass is 342 g/mol. The molecule has 124 valence electrons. The number of nitrogens with zero attached hydrogens (tertiary/aromatic N) is 5. The molecule has 0 radical (unpaired) electrons. The number of nitrogens with two attached hydrogens (primary N) is 1. The van der Waals surface area contributed by atoms with E-state index in [1.807, 2.05) is 22.2 Å². The van der Waals surface area contributed by atoms with Crippen molar-refractivity contribution in [2.75, 3.05) is 18.0 Å². The SMILES string of the molecule is NC(=O)Cn1ccnc1[C@H]1CCCN(c2ncnc3ccsc23)C1. The van der Waals surface area contributed by atoms with Crippen molar-refractivity contribution in [3.8, 4) is 0 Å². The highest BCUT2D eigenvalue weighted by Crippen LogP contribution is 2.33. The summed E-state index contributed by atoms with van der Waals surface area (Å²) in [6.45, 7) is 1.98. The van der Waals surface area contributed by atoms with E-state index < -0.39 is 0 Å². The lowest BCUT2D eigenvalue weighted by Gasteiger charge is -2.33. The fourth-order valence-electron chi connectivity index (χ4n) is 3.36. The molecular weight excluding hydrogens is 324 g/mol. The molecule has 4 heterocycles. The number of carbonyl (C=O) groups is 1. The van der Waals surface area contributed by atoms with Crippen LogP contribution in [-0.4, -0.2) is 38.5 Å². The molecule has 1 atom stereocenters. The van der Waals surface area contributed by atoms with Crippen LogP contribution < -0.4 is 10.6 Å². The van der Waals surface area contributed by atoms with Crippen LogP contribution in [0.4, 0.5) is 5.82 Å². The fraction of sp³-hybridized carbons (Fsp3) is 0.375. The van der Waals surface area contributed by atoms with Gasteiger partial charge in [-0.2, -0.15) is 0 Å². The lowest BCUT2D eigenvalue weighted by molar-refractivity contribution is -0.118. The van der Waals surface area contributed by atoms with Crippen molar-refractivity contribution in [2.45, 2.75) is 25.3 Å². The number of carbonyl (C=O) groups excluding carboxylic acids is 1. The highest BCUT2D eigenvalue weighted by molar-refractivity contribution is 7.17. The predicted octanol–water partition coefficient (Wildman–Crippen LogP) is 1.76. The largest absolute Gasteiger partial charge is 0.368 e. The molecule has 4 rings (SSSR count). The zero-order valence-corrected chi connectivity index (χ0v) is 13.9. The molecule has 3 aromatic heterocycles. The zero-order valence-electron chi connectivity index (χ0n) is 13.1. The molecule has 0 bridgehead atoms. The van der Waals surface area contributed by atoms with Crippen molar-refractivity contribution in [1.29, 1.82) is 0 Å². The number of hydrogen-bond donors (Lipinski definition) is 1. The van der Waals surface area contributed by atoms with Gasteiger partial charge in [0.25, 0.3) is 0 Å². The number of anilines is 1. The molecule has 0 spiro atoms. The number of piperidine rings is 1. The first kappa shape index (κ1) is 15.1. The van der Waals surface area contributed by atoms with Crippen LogP contribution in [0.25, 0.3) is 10.2 Å². The van der Waals surface area contributed by atoms with E-state index in [1.54, 1.807) is 23.9 Å². The lowest BCUT2D eigenvalue weighted by Crippen LogP contribution is -2.36. The maximum atomic E-state index is 11.3. The molecule has 0 saturated carbocycles. The standard InChI is InChI=1S/C16H18N6OS/c17-13(23)9-22-6-4-18-15(22)11-2-1-5-21(8-11)16-14-12(3-7-24-14)19-10-20-16/h3-4,6-7,10-11H,1-2,5,8-9H2,(H2,17,23)/t11-/m0/s1. The highest BCUT2D eigenvalue weighted by Gasteiger charge is 2.27. The van der Waals surface area contributed by atoms with Crippen molar-refractivity contribution in [3.05, 3.63) is 36.0 Å². The van der Waals surface area contributed by atoms with E-state index in [0.717, 1.165) is 47.8 Å². The minimum Gasteiger partial charge on any atom is -0.368 e. The average Bonchev–Trinajstić information content (AvgIpc) is 3.23. The van der Waals surface area contributed by atoms with Crippen LogP contribution in [0.1, 0.15) is 24.6 Å². The Hall–Kier alpha value is -2.48. The van der Waals surface area contributed by atoms with Crippen molar-refractivity contribution in [3.63, 3.8) is 0 Å². The van der Waals surface area contributed by atoms with Crippen LogP contribution in [0.3, 0.4) is 0 Å². The molecule has 1 aliphatic heterocycles. The maximum absolute atomic E-state index is 11.3. The van der Waals surface area contributed by atoms with E-state index in [-0.39, 0.29) is 18.4 Å². The van der Waals surface area contributed by atoms with Crippen molar-refractivity contribution < 1.29 is 4.79 Å². The summed E-state index contributed by atoms with van der Waals surface area (Å²) in [4.78, 5) is 26.9. The van der Waals surface area contributed by atoms with Gasteiger partial charge in [0.1, 0.15) is 24.5 Å². The molecule has 24 heavy (non-hydrogen) atoms. The van der Waals surface area contributed by atoms with Crippen molar-refractivity contribution in [2.24, 2.45) is 5.73 Å². The third kappa shape index (κ3) is 2.73. The molecule has 2 N–H and O–H groups in total. The predicted molar refractivity (Wildman–Crippen MR) is 93.0 cm³/mol. The molecule has 1 saturated heterocycles. The number of primary amides is 1. The Morgan fingerprint density at radius 3 is 3.17 bits per heavy atom. The van der Waals surface area contributed by atoms with Gasteiger partial charge >= 0.3 is 0 Å². The summed E-state index contributed by atoms with van der Waals surface area (Å²) >= 11 is 1.67. The third-order valence-electron chi connectivity index (χ3n) is 4.38. The van der Waals surface area contributed by atoms with E-state index in [2.05, 4.69) is 19.9 Å². The van der Waals surface area contributed by atoms with E-state index in [1.165, 1.54) is 0 Å². The highest BCUT2D eigenvalue weighted by atomic mass is 32.1. The molecule has 7 nitrogen and oxygen atoms in total. The van der Waals surface area contributed by atoms with Crippen LogP contribution in [0.2, 0.25) is 0 Å². The summed E-state index contributed by atoms with van der Waals surface area (Å²) in [7, 11) is 0. The number of hydrogen-bond acceptors (Lipinski definition) is 6. The van der Waals surface area contributed by atoms with Crippen LogP contribution in [0.15, 0.2) is 30.2 Å². The second-order valence-corrected chi connectivity index (χ2v) is 6.91. The third-order valence-corrected chi connectivity index (χ3v) is 5.28. The Balaban J connectivity index is 1.61. The molecule has 0 aromatic carbocycles. The molecule has 1 amide bonds. The number of fused-ring (bicyclic) bond motifs is 1. The van der Waals surface area contributed by atoms with Crippen LogP contribution in [0, 0.1) is 0 Å².